The average Bonchev–Trinajstić information content (AvgIpc) is 1.98. The van der Waals surface area contributed by atoms with E-state index in [9.17, 15) is 0 Å². The molecule has 1 unspecified atom stereocenters. The second-order valence-corrected chi connectivity index (χ2v) is 4.77. The number of halogens is 3. The third-order valence-corrected chi connectivity index (χ3v) is 4.02. The summed E-state index contributed by atoms with van der Waals surface area (Å²) in [5, 5.41) is 0.991. The van der Waals surface area contributed by atoms with Crippen molar-refractivity contribution in [3.05, 3.63) is 14.4 Å². The van der Waals surface area contributed by atoms with E-state index in [0.717, 1.165) is 4.62 Å². The highest BCUT2D eigenvalue weighted by Crippen LogP contribution is 2.35. The molecule has 1 heterocycles. The molecule has 1 aromatic rings. The number of hydrogen-bond acceptors (Lipinski definition) is 1. The zero-order valence-electron chi connectivity index (χ0n) is 4.12. The Bertz CT molecular complexity index is 209. The molecule has 0 radical (unpaired) electrons. The molecule has 0 amide bonds. The van der Waals surface area contributed by atoms with Gasteiger partial charge >= 0.3 is 0 Å². The normalized spacial score (nSPS) is 10.2. The van der Waals surface area contributed by atoms with E-state index in [1.165, 1.54) is 11.3 Å². The van der Waals surface area contributed by atoms with E-state index in [1.54, 1.807) is 0 Å². The standard InChI is InChI=1S/C4H2Cl3PS/c5-1-2(6)4(8)9-3(1)7/h8H2. The third kappa shape index (κ3) is 1.53. The van der Waals surface area contributed by atoms with Crippen LogP contribution in [0.1, 0.15) is 0 Å². The molecule has 1 rings (SSSR count). The zero-order valence-corrected chi connectivity index (χ0v) is 8.36. The molecule has 0 fully saturated rings. The lowest BCUT2D eigenvalue weighted by Gasteiger charge is -1.82. The lowest BCUT2D eigenvalue weighted by Crippen LogP contribution is -1.76. The Morgan fingerprint density at radius 2 is 1.67 bits per heavy atom. The van der Waals surface area contributed by atoms with Gasteiger partial charge in [-0.05, 0) is 0 Å². The first-order valence-electron chi connectivity index (χ1n) is 2.01. The quantitative estimate of drug-likeness (QED) is 0.588. The van der Waals surface area contributed by atoms with Crippen LogP contribution in [0.3, 0.4) is 0 Å². The minimum atomic E-state index is 0.452. The van der Waals surface area contributed by atoms with Crippen LogP contribution in [0, 0.1) is 0 Å². The summed E-state index contributed by atoms with van der Waals surface area (Å²) in [6.45, 7) is 0. The Morgan fingerprint density at radius 3 is 1.78 bits per heavy atom. The first-order chi connectivity index (χ1) is 4.13. The van der Waals surface area contributed by atoms with Gasteiger partial charge in [0.15, 0.2) is 0 Å². The topological polar surface area (TPSA) is 0 Å². The smallest absolute Gasteiger partial charge is 0.114 e. The summed E-state index contributed by atoms with van der Waals surface area (Å²) in [7, 11) is 2.46. The van der Waals surface area contributed by atoms with Crippen molar-refractivity contribution in [1.29, 1.82) is 0 Å². The summed E-state index contributed by atoms with van der Waals surface area (Å²) in [5.41, 5.74) is 0. The SMILES string of the molecule is Pc1sc(Cl)c(Cl)c1Cl. The molecule has 0 bridgehead atoms. The lowest BCUT2D eigenvalue weighted by molar-refractivity contribution is 2.03. The van der Waals surface area contributed by atoms with E-state index in [-0.39, 0.29) is 0 Å². The Morgan fingerprint density at radius 1 is 1.11 bits per heavy atom. The molecule has 0 saturated heterocycles. The van der Waals surface area contributed by atoms with Gasteiger partial charge in [0.05, 0.1) is 10.0 Å². The van der Waals surface area contributed by atoms with Crippen molar-refractivity contribution in [1.82, 2.24) is 0 Å². The molecule has 0 aliphatic rings. The van der Waals surface area contributed by atoms with Gasteiger partial charge in [0, 0.05) is 4.62 Å². The maximum atomic E-state index is 5.67. The molecule has 0 aliphatic carbocycles. The Balaban J connectivity index is 3.29. The van der Waals surface area contributed by atoms with Gasteiger partial charge in [0.1, 0.15) is 4.34 Å². The molecule has 50 valence electrons. The van der Waals surface area contributed by atoms with Gasteiger partial charge in [-0.2, -0.15) is 0 Å². The lowest BCUT2D eigenvalue weighted by atomic mass is 10.6. The predicted molar refractivity (Wildman–Crippen MR) is 48.7 cm³/mol. The fourth-order valence-electron chi connectivity index (χ4n) is 0.381. The summed E-state index contributed by atoms with van der Waals surface area (Å²) in [6.07, 6.45) is 0. The molecule has 0 aromatic carbocycles. The predicted octanol–water partition coefficient (Wildman–Crippen LogP) is 3.21. The first kappa shape index (κ1) is 8.10. The highest BCUT2D eigenvalue weighted by Gasteiger charge is 2.08. The second kappa shape index (κ2) is 2.94. The van der Waals surface area contributed by atoms with Crippen LogP contribution in [0.15, 0.2) is 0 Å². The molecule has 1 aromatic heterocycles. The van der Waals surface area contributed by atoms with Crippen LogP contribution in [0.25, 0.3) is 0 Å². The second-order valence-electron chi connectivity index (χ2n) is 1.37. The largest absolute Gasteiger partial charge is 0.121 e. The van der Waals surface area contributed by atoms with Crippen LogP contribution in [-0.2, 0) is 0 Å². The van der Waals surface area contributed by atoms with Gasteiger partial charge in [0.2, 0.25) is 0 Å². The minimum Gasteiger partial charge on any atom is -0.121 e. The highest BCUT2D eigenvalue weighted by molar-refractivity contribution is 7.45. The van der Waals surface area contributed by atoms with Crippen molar-refractivity contribution >= 4 is 60.0 Å². The van der Waals surface area contributed by atoms with Crippen molar-refractivity contribution < 1.29 is 0 Å². The van der Waals surface area contributed by atoms with E-state index in [4.69, 9.17) is 34.8 Å². The van der Waals surface area contributed by atoms with E-state index in [2.05, 4.69) is 9.24 Å². The number of rotatable bonds is 0. The first-order valence-corrected chi connectivity index (χ1v) is 4.54. The van der Waals surface area contributed by atoms with Crippen LogP contribution in [0.5, 0.6) is 0 Å². The van der Waals surface area contributed by atoms with E-state index >= 15 is 0 Å². The summed E-state index contributed by atoms with van der Waals surface area (Å²) < 4.78 is 1.43. The Kier molecular flexibility index (Phi) is 2.64. The fraction of sp³-hybridized carbons (Fsp3) is 0. The van der Waals surface area contributed by atoms with Crippen molar-refractivity contribution in [2.45, 2.75) is 0 Å². The van der Waals surface area contributed by atoms with Crippen molar-refractivity contribution in [2.24, 2.45) is 0 Å². The third-order valence-electron chi connectivity index (χ3n) is 0.781. The molecule has 9 heavy (non-hydrogen) atoms. The average molecular weight is 219 g/mol. The summed E-state index contributed by atoms with van der Waals surface area (Å²) in [6, 6.07) is 0. The molecule has 0 nitrogen and oxygen atoms in total. The highest BCUT2D eigenvalue weighted by atomic mass is 35.5. The fourth-order valence-corrected chi connectivity index (χ4v) is 2.70. The van der Waals surface area contributed by atoms with Crippen LogP contribution >= 0.6 is 55.4 Å². The summed E-state index contributed by atoms with van der Waals surface area (Å²) in [5.74, 6) is 0. The molecule has 0 spiro atoms. The van der Waals surface area contributed by atoms with Gasteiger partial charge in [-0.25, -0.2) is 0 Å². The Hall–Kier alpha value is 1.000. The molecule has 1 atom stereocenters. The van der Waals surface area contributed by atoms with E-state index in [0.29, 0.717) is 14.4 Å². The molecular weight excluding hydrogens is 217 g/mol. The zero-order chi connectivity index (χ0) is 7.02. The molecule has 0 N–H and O–H groups in total. The van der Waals surface area contributed by atoms with Crippen LogP contribution < -0.4 is 4.62 Å². The Labute approximate surface area is 74.3 Å². The summed E-state index contributed by atoms with van der Waals surface area (Å²) in [4.78, 5) is 0. The molecule has 5 heteroatoms. The van der Waals surface area contributed by atoms with Crippen LogP contribution in [0.2, 0.25) is 14.4 Å². The maximum Gasteiger partial charge on any atom is 0.114 e. The van der Waals surface area contributed by atoms with E-state index < -0.39 is 0 Å². The molecule has 0 aliphatic heterocycles. The summed E-state index contributed by atoms with van der Waals surface area (Å²) >= 11 is 18.3. The van der Waals surface area contributed by atoms with Gasteiger partial charge in [0.25, 0.3) is 0 Å². The van der Waals surface area contributed by atoms with Gasteiger partial charge in [-0.3, -0.25) is 0 Å². The maximum absolute atomic E-state index is 5.67. The van der Waals surface area contributed by atoms with Crippen molar-refractivity contribution in [2.75, 3.05) is 0 Å². The number of thiophene rings is 1. The van der Waals surface area contributed by atoms with Gasteiger partial charge in [-0.1, -0.05) is 44.0 Å². The van der Waals surface area contributed by atoms with Gasteiger partial charge < -0.3 is 0 Å². The monoisotopic (exact) mass is 218 g/mol. The number of hydrogen-bond donors (Lipinski definition) is 0. The van der Waals surface area contributed by atoms with E-state index in [1.807, 2.05) is 0 Å². The minimum absolute atomic E-state index is 0.452. The molecular formula is C4H2Cl3PS. The van der Waals surface area contributed by atoms with Gasteiger partial charge in [-0.15, -0.1) is 11.3 Å². The van der Waals surface area contributed by atoms with Crippen molar-refractivity contribution in [3.8, 4) is 0 Å². The van der Waals surface area contributed by atoms with Crippen LogP contribution in [-0.4, -0.2) is 0 Å². The van der Waals surface area contributed by atoms with Crippen molar-refractivity contribution in [3.63, 3.8) is 0 Å². The molecule has 0 saturated carbocycles. The van der Waals surface area contributed by atoms with Crippen LogP contribution in [0.4, 0.5) is 0 Å².